The Bertz CT molecular complexity index is 134. The van der Waals surface area contributed by atoms with Crippen LogP contribution in [0.15, 0.2) is 0 Å². The van der Waals surface area contributed by atoms with Crippen LogP contribution in [0.3, 0.4) is 0 Å². The average Bonchev–Trinajstić information content (AvgIpc) is 2.03. The van der Waals surface area contributed by atoms with Gasteiger partial charge in [-0.1, -0.05) is 20.8 Å². The molecule has 0 fully saturated rings. The number of nitrogens with two attached hydrogens (primary N) is 1. The van der Waals surface area contributed by atoms with Crippen molar-refractivity contribution in [3.8, 4) is 0 Å². The highest BCUT2D eigenvalue weighted by molar-refractivity contribution is 5.78. The van der Waals surface area contributed by atoms with Gasteiger partial charge in [0.25, 0.3) is 0 Å². The molecule has 1 atom stereocenters. The van der Waals surface area contributed by atoms with Crippen molar-refractivity contribution in [2.75, 3.05) is 13.1 Å². The van der Waals surface area contributed by atoms with Crippen LogP contribution in [0.5, 0.6) is 0 Å². The molecule has 0 rings (SSSR count). The first-order valence-corrected chi connectivity index (χ1v) is 4.57. The van der Waals surface area contributed by atoms with Crippen molar-refractivity contribution < 1.29 is 4.79 Å². The zero-order valence-electron chi connectivity index (χ0n) is 8.26. The van der Waals surface area contributed by atoms with E-state index in [9.17, 15) is 4.79 Å². The summed E-state index contributed by atoms with van der Waals surface area (Å²) in [5.41, 5.74) is 5.30. The number of amides is 1. The van der Waals surface area contributed by atoms with Crippen molar-refractivity contribution >= 4 is 5.91 Å². The second-order valence-corrected chi connectivity index (χ2v) is 3.47. The van der Waals surface area contributed by atoms with Gasteiger partial charge in [-0.3, -0.25) is 4.79 Å². The molecule has 0 saturated heterocycles. The van der Waals surface area contributed by atoms with E-state index < -0.39 is 0 Å². The van der Waals surface area contributed by atoms with E-state index in [1.807, 2.05) is 20.8 Å². The van der Waals surface area contributed by atoms with Crippen molar-refractivity contribution in [1.82, 2.24) is 5.32 Å². The first-order valence-electron chi connectivity index (χ1n) is 4.57. The third-order valence-corrected chi connectivity index (χ3v) is 2.09. The molecular weight excluding hydrogens is 152 g/mol. The molecular formula is C9H20N2O. The van der Waals surface area contributed by atoms with Crippen LogP contribution in [0.25, 0.3) is 0 Å². The van der Waals surface area contributed by atoms with E-state index in [4.69, 9.17) is 5.73 Å². The summed E-state index contributed by atoms with van der Waals surface area (Å²) in [6.45, 7) is 7.38. The Labute approximate surface area is 74.7 Å². The molecule has 0 bridgehead atoms. The van der Waals surface area contributed by atoms with Gasteiger partial charge in [-0.05, 0) is 18.9 Å². The van der Waals surface area contributed by atoms with E-state index in [1.165, 1.54) is 0 Å². The maximum atomic E-state index is 11.3. The fraction of sp³-hybridized carbons (Fsp3) is 0.889. The number of hydrogen-bond acceptors (Lipinski definition) is 2. The molecule has 0 aliphatic rings. The number of hydrogen-bond donors (Lipinski definition) is 2. The Morgan fingerprint density at radius 3 is 2.42 bits per heavy atom. The molecule has 0 aliphatic heterocycles. The Morgan fingerprint density at radius 2 is 2.00 bits per heavy atom. The highest BCUT2D eigenvalue weighted by Crippen LogP contribution is 2.08. The van der Waals surface area contributed by atoms with E-state index in [2.05, 4.69) is 5.32 Å². The van der Waals surface area contributed by atoms with E-state index in [1.54, 1.807) is 0 Å². The molecule has 0 saturated carbocycles. The molecule has 0 radical (unpaired) electrons. The van der Waals surface area contributed by atoms with Gasteiger partial charge in [0, 0.05) is 12.5 Å². The molecule has 0 aliphatic carbocycles. The summed E-state index contributed by atoms with van der Waals surface area (Å²) in [6.07, 6.45) is 0.858. The molecule has 0 aromatic carbocycles. The van der Waals surface area contributed by atoms with E-state index in [-0.39, 0.29) is 11.8 Å². The van der Waals surface area contributed by atoms with E-state index in [0.29, 0.717) is 19.0 Å². The summed E-state index contributed by atoms with van der Waals surface area (Å²) in [5, 5.41) is 2.85. The van der Waals surface area contributed by atoms with Crippen LogP contribution < -0.4 is 11.1 Å². The quantitative estimate of drug-likeness (QED) is 0.601. The lowest BCUT2D eigenvalue weighted by Gasteiger charge is -2.14. The van der Waals surface area contributed by atoms with Gasteiger partial charge in [0.05, 0.1) is 0 Å². The number of rotatable bonds is 5. The zero-order valence-corrected chi connectivity index (χ0v) is 8.26. The second kappa shape index (κ2) is 6.00. The minimum Gasteiger partial charge on any atom is -0.356 e. The highest BCUT2D eigenvalue weighted by atomic mass is 16.1. The first kappa shape index (κ1) is 11.4. The fourth-order valence-electron chi connectivity index (χ4n) is 0.777. The van der Waals surface area contributed by atoms with Gasteiger partial charge >= 0.3 is 0 Å². The summed E-state index contributed by atoms with van der Waals surface area (Å²) in [5.74, 6) is 0.643. The van der Waals surface area contributed by atoms with Crippen LogP contribution >= 0.6 is 0 Å². The molecule has 1 unspecified atom stereocenters. The number of carbonyl (C=O) groups is 1. The lowest BCUT2D eigenvalue weighted by Crippen LogP contribution is -2.33. The highest BCUT2D eigenvalue weighted by Gasteiger charge is 2.15. The molecule has 72 valence electrons. The summed E-state index contributed by atoms with van der Waals surface area (Å²) in [6, 6.07) is 0. The maximum absolute atomic E-state index is 11.3. The molecule has 0 aromatic rings. The van der Waals surface area contributed by atoms with Crippen LogP contribution in [0, 0.1) is 11.8 Å². The van der Waals surface area contributed by atoms with E-state index in [0.717, 1.165) is 6.42 Å². The van der Waals surface area contributed by atoms with Gasteiger partial charge in [0.15, 0.2) is 0 Å². The predicted octanol–water partition coefficient (Wildman–Crippen LogP) is 0.744. The summed E-state index contributed by atoms with van der Waals surface area (Å²) in [7, 11) is 0. The number of carbonyl (C=O) groups excluding carboxylic acids is 1. The summed E-state index contributed by atoms with van der Waals surface area (Å²) < 4.78 is 0. The molecule has 3 nitrogen and oxygen atoms in total. The molecule has 0 heterocycles. The van der Waals surface area contributed by atoms with Crippen LogP contribution in [0.4, 0.5) is 0 Å². The van der Waals surface area contributed by atoms with E-state index >= 15 is 0 Å². The van der Waals surface area contributed by atoms with Gasteiger partial charge in [0.2, 0.25) is 5.91 Å². The summed E-state index contributed by atoms with van der Waals surface area (Å²) in [4.78, 5) is 11.3. The molecule has 0 aromatic heterocycles. The monoisotopic (exact) mass is 172 g/mol. The Balaban J connectivity index is 3.57. The molecule has 0 spiro atoms. The lowest BCUT2D eigenvalue weighted by atomic mass is 9.97. The zero-order chi connectivity index (χ0) is 9.56. The topological polar surface area (TPSA) is 55.1 Å². The normalized spacial score (nSPS) is 13.1. The number of nitrogens with one attached hydrogen (secondary N) is 1. The fourth-order valence-corrected chi connectivity index (χ4v) is 0.777. The van der Waals surface area contributed by atoms with Gasteiger partial charge in [-0.25, -0.2) is 0 Å². The standard InChI is InChI=1S/C9H20N2O/c1-7(2)8(3)9(12)11-6-4-5-10/h7-8H,4-6,10H2,1-3H3,(H,11,12). The molecule has 12 heavy (non-hydrogen) atoms. The largest absolute Gasteiger partial charge is 0.356 e. The smallest absolute Gasteiger partial charge is 0.223 e. The van der Waals surface area contributed by atoms with Gasteiger partial charge in [-0.15, -0.1) is 0 Å². The van der Waals surface area contributed by atoms with Crippen molar-refractivity contribution in [3.63, 3.8) is 0 Å². The molecule has 3 heteroatoms. The second-order valence-electron chi connectivity index (χ2n) is 3.47. The SMILES string of the molecule is CC(C)C(C)C(=O)NCCCN. The summed E-state index contributed by atoms with van der Waals surface area (Å²) >= 11 is 0. The Morgan fingerprint density at radius 1 is 1.42 bits per heavy atom. The van der Waals surface area contributed by atoms with Crippen molar-refractivity contribution in [2.24, 2.45) is 17.6 Å². The van der Waals surface area contributed by atoms with Crippen molar-refractivity contribution in [2.45, 2.75) is 27.2 Å². The van der Waals surface area contributed by atoms with Crippen LogP contribution in [-0.2, 0) is 4.79 Å². The van der Waals surface area contributed by atoms with Gasteiger partial charge in [-0.2, -0.15) is 0 Å². The molecule has 3 N–H and O–H groups in total. The van der Waals surface area contributed by atoms with Crippen LogP contribution in [0.2, 0.25) is 0 Å². The lowest BCUT2D eigenvalue weighted by molar-refractivity contribution is -0.125. The van der Waals surface area contributed by atoms with Gasteiger partial charge in [0.1, 0.15) is 0 Å². The average molecular weight is 172 g/mol. The van der Waals surface area contributed by atoms with Crippen LogP contribution in [-0.4, -0.2) is 19.0 Å². The Kier molecular flexibility index (Phi) is 5.72. The van der Waals surface area contributed by atoms with Crippen LogP contribution in [0.1, 0.15) is 27.2 Å². The predicted molar refractivity (Wildman–Crippen MR) is 50.7 cm³/mol. The molecule has 1 amide bonds. The van der Waals surface area contributed by atoms with Crippen molar-refractivity contribution in [3.05, 3.63) is 0 Å². The minimum atomic E-state index is 0.0998. The first-order chi connectivity index (χ1) is 5.59. The maximum Gasteiger partial charge on any atom is 0.223 e. The minimum absolute atomic E-state index is 0.0998. The third kappa shape index (κ3) is 4.34. The Hall–Kier alpha value is -0.570. The third-order valence-electron chi connectivity index (χ3n) is 2.09. The van der Waals surface area contributed by atoms with Gasteiger partial charge < -0.3 is 11.1 Å². The van der Waals surface area contributed by atoms with Crippen molar-refractivity contribution in [1.29, 1.82) is 0 Å².